The maximum absolute atomic E-state index is 13.8. The molecule has 0 saturated carbocycles. The molecule has 6 aromatic rings. The highest BCUT2D eigenvalue weighted by molar-refractivity contribution is 6.30. The number of benzene rings is 4. The van der Waals surface area contributed by atoms with Crippen molar-refractivity contribution in [3.8, 4) is 0 Å². The van der Waals surface area contributed by atoms with Crippen molar-refractivity contribution in [3.05, 3.63) is 95.6 Å². The molecule has 0 unspecified atom stereocenters. The lowest BCUT2D eigenvalue weighted by Gasteiger charge is -2.44. The summed E-state index contributed by atoms with van der Waals surface area (Å²) in [6.45, 7) is 4.48. The number of para-hydroxylation sites is 2. The van der Waals surface area contributed by atoms with E-state index in [0.717, 1.165) is 54.7 Å². The Labute approximate surface area is 256 Å². The minimum Gasteiger partial charge on any atom is -0.375 e. The number of amides is 2. The molecule has 0 spiro atoms. The quantitative estimate of drug-likeness (QED) is 0.241. The fourth-order valence-corrected chi connectivity index (χ4v) is 7.86. The minimum absolute atomic E-state index is 0. The van der Waals surface area contributed by atoms with Crippen LogP contribution in [0.15, 0.2) is 78.9 Å². The lowest BCUT2D eigenvalue weighted by Crippen LogP contribution is -2.53. The topological polar surface area (TPSA) is 77.7 Å². The maximum Gasteiger partial charge on any atom is 0.253 e. The predicted molar refractivity (Wildman–Crippen MR) is 174 cm³/mol. The number of rotatable bonds is 3. The number of nitrogens with one attached hydrogen (secondary N) is 1. The van der Waals surface area contributed by atoms with Crippen LogP contribution >= 0.6 is 0 Å². The Morgan fingerprint density at radius 2 is 1.52 bits per heavy atom. The summed E-state index contributed by atoms with van der Waals surface area (Å²) in [7, 11) is 3.56. The average Bonchev–Trinajstić information content (AvgIpc) is 3.71. The smallest absolute Gasteiger partial charge is 0.253 e. The first kappa shape index (κ1) is 26.9. The van der Waals surface area contributed by atoms with Gasteiger partial charge in [0.05, 0.1) is 33.7 Å². The molecule has 8 nitrogen and oxygen atoms in total. The maximum atomic E-state index is 13.8. The molecule has 2 amide bonds. The second-order valence-electron chi connectivity index (χ2n) is 11.5. The van der Waals surface area contributed by atoms with E-state index in [0.29, 0.717) is 18.5 Å². The van der Waals surface area contributed by atoms with Crippen molar-refractivity contribution in [1.82, 2.24) is 19.4 Å². The highest BCUT2D eigenvalue weighted by Gasteiger charge is 2.48. The van der Waals surface area contributed by atoms with E-state index in [1.54, 1.807) is 7.11 Å². The SMILES string of the molecule is CC.CO[C@@H]1[C@H](N(C)C(=O)c2ccccc2)C[C@H]2O[C@@H]1n1c3ccccc3c3c4c(c5c6ccccc6n2c5c31)C(=O)NC4.[HH]. The van der Waals surface area contributed by atoms with Gasteiger partial charge in [-0.1, -0.05) is 68.4 Å². The third kappa shape index (κ3) is 3.41. The molecular formula is C36H36N4O4. The van der Waals surface area contributed by atoms with E-state index < -0.39 is 12.3 Å². The summed E-state index contributed by atoms with van der Waals surface area (Å²) in [4.78, 5) is 29.1. The third-order valence-corrected chi connectivity index (χ3v) is 9.60. The average molecular weight is 589 g/mol. The van der Waals surface area contributed by atoms with E-state index in [2.05, 4.69) is 38.7 Å². The standard InChI is InChI=1S/C34H28N4O4.C2H6.H2/c1-36(33(40)18-10-4-3-5-11-18)24-16-25-37-22-14-8-7-13-20(22)27-28-21(17-35-32(28)39)26-19-12-6-9-15-23(19)38(29(26)30(27)37)34(42-25)31(24)41-2;1-2;/h3-15,24-25,31,34H,16-17H2,1-2H3,(H,35,39);1-2H3;1H/t24-,25-,31-,34+;;/m1../s1. The predicted octanol–water partition coefficient (Wildman–Crippen LogP) is 7.00. The van der Waals surface area contributed by atoms with E-state index in [9.17, 15) is 9.59 Å². The fraction of sp³-hybridized carbons (Fsp3) is 0.278. The molecule has 3 aliphatic heterocycles. The highest BCUT2D eigenvalue weighted by Crippen LogP contribution is 2.52. The Hall–Kier alpha value is -4.66. The molecule has 44 heavy (non-hydrogen) atoms. The molecule has 9 rings (SSSR count). The van der Waals surface area contributed by atoms with Gasteiger partial charge in [-0.25, -0.2) is 0 Å². The summed E-state index contributed by atoms with van der Waals surface area (Å²) in [6.07, 6.45) is -0.788. The van der Waals surface area contributed by atoms with Crippen LogP contribution in [0.2, 0.25) is 0 Å². The van der Waals surface area contributed by atoms with Crippen molar-refractivity contribution in [2.75, 3.05) is 14.2 Å². The summed E-state index contributed by atoms with van der Waals surface area (Å²) in [5.74, 6) is -0.0971. The molecule has 224 valence electrons. The van der Waals surface area contributed by atoms with Gasteiger partial charge in [-0.15, -0.1) is 0 Å². The number of nitrogens with zero attached hydrogens (tertiary/aromatic N) is 3. The zero-order valence-electron chi connectivity index (χ0n) is 25.2. The Kier molecular flexibility index (Phi) is 6.08. The van der Waals surface area contributed by atoms with Crippen molar-refractivity contribution in [2.45, 2.75) is 51.4 Å². The van der Waals surface area contributed by atoms with Gasteiger partial charge in [-0.2, -0.15) is 0 Å². The minimum atomic E-state index is -0.503. The van der Waals surface area contributed by atoms with Crippen LogP contribution < -0.4 is 5.32 Å². The van der Waals surface area contributed by atoms with Crippen LogP contribution in [0.3, 0.4) is 0 Å². The first-order chi connectivity index (χ1) is 21.6. The van der Waals surface area contributed by atoms with Crippen LogP contribution in [0.4, 0.5) is 0 Å². The summed E-state index contributed by atoms with van der Waals surface area (Å²) < 4.78 is 17.8. The molecular weight excluding hydrogens is 552 g/mol. The number of likely N-dealkylation sites (N-methyl/N-ethyl adjacent to an activating group) is 1. The van der Waals surface area contributed by atoms with Gasteiger partial charge in [0, 0.05) is 55.7 Å². The van der Waals surface area contributed by atoms with Crippen LogP contribution in [0, 0.1) is 0 Å². The molecule has 4 aromatic carbocycles. The first-order valence-corrected chi connectivity index (χ1v) is 15.4. The molecule has 1 saturated heterocycles. The molecule has 4 atom stereocenters. The summed E-state index contributed by atoms with van der Waals surface area (Å²) in [6, 6.07) is 25.7. The van der Waals surface area contributed by atoms with E-state index >= 15 is 0 Å². The van der Waals surface area contributed by atoms with Gasteiger partial charge in [0.1, 0.15) is 12.3 Å². The number of carbonyl (C=O) groups excluding carboxylic acids is 2. The normalized spacial score (nSPS) is 21.8. The van der Waals surface area contributed by atoms with E-state index in [1.807, 2.05) is 80.4 Å². The molecule has 5 heterocycles. The Morgan fingerprint density at radius 1 is 0.909 bits per heavy atom. The second kappa shape index (κ2) is 9.94. The van der Waals surface area contributed by atoms with E-state index in [4.69, 9.17) is 9.47 Å². The van der Waals surface area contributed by atoms with Crippen molar-refractivity contribution < 1.29 is 20.5 Å². The zero-order valence-corrected chi connectivity index (χ0v) is 25.2. The van der Waals surface area contributed by atoms with Gasteiger partial charge >= 0.3 is 0 Å². The number of hydrogen-bond donors (Lipinski definition) is 1. The number of aromatic nitrogens is 2. The second-order valence-corrected chi connectivity index (χ2v) is 11.5. The fourth-order valence-electron chi connectivity index (χ4n) is 7.86. The molecule has 2 bridgehead atoms. The molecule has 1 fully saturated rings. The number of methoxy groups -OCH3 is 1. The van der Waals surface area contributed by atoms with Crippen LogP contribution in [0.25, 0.3) is 43.6 Å². The van der Waals surface area contributed by atoms with Crippen LogP contribution in [0.1, 0.15) is 60.4 Å². The van der Waals surface area contributed by atoms with Crippen LogP contribution in [-0.4, -0.2) is 52.2 Å². The van der Waals surface area contributed by atoms with Gasteiger partial charge in [0.25, 0.3) is 11.8 Å². The molecule has 0 radical (unpaired) electrons. The molecule has 1 N–H and O–H groups in total. The Morgan fingerprint density at radius 3 is 2.23 bits per heavy atom. The van der Waals surface area contributed by atoms with Gasteiger partial charge in [-0.3, -0.25) is 9.59 Å². The largest absolute Gasteiger partial charge is 0.375 e. The molecule has 0 aliphatic carbocycles. The number of carbonyl (C=O) groups is 2. The van der Waals surface area contributed by atoms with Gasteiger partial charge < -0.3 is 28.8 Å². The molecule has 3 aliphatic rings. The lowest BCUT2D eigenvalue weighted by atomic mass is 9.97. The van der Waals surface area contributed by atoms with Crippen molar-refractivity contribution in [3.63, 3.8) is 0 Å². The lowest BCUT2D eigenvalue weighted by molar-refractivity contribution is -0.203. The van der Waals surface area contributed by atoms with Crippen LogP contribution in [0.5, 0.6) is 0 Å². The monoisotopic (exact) mass is 588 g/mol. The number of fused-ring (bicyclic) bond motifs is 13. The summed E-state index contributed by atoms with van der Waals surface area (Å²) in [5, 5.41) is 7.26. The van der Waals surface area contributed by atoms with Gasteiger partial charge in [0.2, 0.25) is 0 Å². The third-order valence-electron chi connectivity index (χ3n) is 9.60. The van der Waals surface area contributed by atoms with Crippen LogP contribution in [-0.2, 0) is 16.0 Å². The van der Waals surface area contributed by atoms with Crippen molar-refractivity contribution in [1.29, 1.82) is 0 Å². The van der Waals surface area contributed by atoms with Gasteiger partial charge in [-0.05, 0) is 29.8 Å². The first-order valence-electron chi connectivity index (χ1n) is 15.4. The Bertz CT molecular complexity index is 2140. The van der Waals surface area contributed by atoms with Gasteiger partial charge in [0.15, 0.2) is 6.23 Å². The van der Waals surface area contributed by atoms with Crippen molar-refractivity contribution >= 4 is 55.4 Å². The molecule has 8 heteroatoms. The zero-order chi connectivity index (χ0) is 30.3. The summed E-state index contributed by atoms with van der Waals surface area (Å²) in [5.41, 5.74) is 6.49. The molecule has 2 aromatic heterocycles. The van der Waals surface area contributed by atoms with E-state index in [1.165, 1.54) is 0 Å². The van der Waals surface area contributed by atoms with E-state index in [-0.39, 0.29) is 25.5 Å². The van der Waals surface area contributed by atoms with Crippen molar-refractivity contribution in [2.24, 2.45) is 0 Å². The summed E-state index contributed by atoms with van der Waals surface area (Å²) >= 11 is 0. The highest BCUT2D eigenvalue weighted by atomic mass is 16.6. The number of ether oxygens (including phenoxy) is 2. The number of hydrogen-bond acceptors (Lipinski definition) is 4. The Balaban J connectivity index is 0.00000106.